The molecule has 36 heavy (non-hydrogen) atoms. The number of halogens is 3. The van der Waals surface area contributed by atoms with Gasteiger partial charge in [0.05, 0.1) is 6.54 Å². The molecule has 196 valence electrons. The third-order valence-corrected chi connectivity index (χ3v) is 5.94. The number of rotatable bonds is 4. The van der Waals surface area contributed by atoms with Crippen molar-refractivity contribution in [1.29, 1.82) is 0 Å². The van der Waals surface area contributed by atoms with E-state index < -0.39 is 23.9 Å². The Hall–Kier alpha value is -3.41. The summed E-state index contributed by atoms with van der Waals surface area (Å²) in [5.74, 6) is -1.53. The number of anilines is 1. The number of aromatic nitrogens is 2. The molecule has 1 aromatic carbocycles. The Bertz CT molecular complexity index is 1060. The Kier molecular flexibility index (Phi) is 8.39. The Morgan fingerprint density at radius 1 is 1.19 bits per heavy atom. The number of piperidine rings is 1. The number of aliphatic carboxylic acids is 1. The van der Waals surface area contributed by atoms with Gasteiger partial charge in [-0.1, -0.05) is 32.0 Å². The zero-order chi connectivity index (χ0) is 26.5. The molecule has 1 unspecified atom stereocenters. The van der Waals surface area contributed by atoms with E-state index in [1.807, 2.05) is 46.0 Å². The minimum Gasteiger partial charge on any atom is -0.475 e. The van der Waals surface area contributed by atoms with Gasteiger partial charge in [0.25, 0.3) is 5.91 Å². The van der Waals surface area contributed by atoms with Gasteiger partial charge in [0.15, 0.2) is 6.10 Å². The van der Waals surface area contributed by atoms with Crippen molar-refractivity contribution in [1.82, 2.24) is 14.5 Å². The summed E-state index contributed by atoms with van der Waals surface area (Å²) in [6, 6.07) is 9.40. The second-order valence-electron chi connectivity index (χ2n) is 9.14. The number of para-hydroxylation sites is 1. The van der Waals surface area contributed by atoms with Crippen molar-refractivity contribution < 1.29 is 37.4 Å². The number of nitrogens with zero attached hydrogens (tertiary/aromatic N) is 3. The molecule has 3 heterocycles. The zero-order valence-corrected chi connectivity index (χ0v) is 20.0. The molecule has 4 rings (SSSR count). The van der Waals surface area contributed by atoms with Crippen LogP contribution in [-0.2, 0) is 31.3 Å². The van der Waals surface area contributed by atoms with Crippen LogP contribution in [0.3, 0.4) is 0 Å². The van der Waals surface area contributed by atoms with E-state index in [1.54, 1.807) is 6.20 Å². The minimum atomic E-state index is -5.08. The second kappa shape index (κ2) is 11.1. The SMILES string of the molecule is CC(C)CC(=O)N1CCC2(CC1)OC(C(=O)Nc1ccccc1)Cn1ccnc12.O=C(O)C(F)(F)F. The zero-order valence-electron chi connectivity index (χ0n) is 20.0. The van der Waals surface area contributed by atoms with E-state index >= 15 is 0 Å². The number of carboxylic acid groups (broad SMARTS) is 1. The topological polar surface area (TPSA) is 114 Å². The first-order valence-corrected chi connectivity index (χ1v) is 11.5. The fraction of sp³-hybridized carbons (Fsp3) is 0.500. The van der Waals surface area contributed by atoms with Crippen molar-refractivity contribution in [2.45, 2.75) is 57.5 Å². The summed E-state index contributed by atoms with van der Waals surface area (Å²) in [4.78, 5) is 40.7. The highest BCUT2D eigenvalue weighted by molar-refractivity contribution is 5.94. The van der Waals surface area contributed by atoms with E-state index in [0.717, 1.165) is 11.5 Å². The molecule has 2 aliphatic rings. The van der Waals surface area contributed by atoms with Gasteiger partial charge < -0.3 is 24.6 Å². The Balaban J connectivity index is 0.000000454. The summed E-state index contributed by atoms with van der Waals surface area (Å²) >= 11 is 0. The van der Waals surface area contributed by atoms with Gasteiger partial charge in [-0.25, -0.2) is 9.78 Å². The fourth-order valence-corrected chi connectivity index (χ4v) is 4.21. The van der Waals surface area contributed by atoms with E-state index in [1.165, 1.54) is 0 Å². The molecule has 1 spiro atoms. The summed E-state index contributed by atoms with van der Waals surface area (Å²) < 4.78 is 40.2. The first-order chi connectivity index (χ1) is 16.9. The summed E-state index contributed by atoms with van der Waals surface area (Å²) in [7, 11) is 0. The lowest BCUT2D eigenvalue weighted by atomic mass is 9.88. The van der Waals surface area contributed by atoms with E-state index in [-0.39, 0.29) is 11.8 Å². The smallest absolute Gasteiger partial charge is 0.475 e. The summed E-state index contributed by atoms with van der Waals surface area (Å²) in [6.45, 7) is 5.78. The van der Waals surface area contributed by atoms with Crippen molar-refractivity contribution in [3.05, 3.63) is 48.5 Å². The van der Waals surface area contributed by atoms with Crippen LogP contribution in [0.15, 0.2) is 42.7 Å². The summed E-state index contributed by atoms with van der Waals surface area (Å²) in [5, 5.41) is 10.1. The number of carbonyl (C=O) groups excluding carboxylic acids is 2. The van der Waals surface area contributed by atoms with Gasteiger partial charge in [0.2, 0.25) is 5.91 Å². The second-order valence-corrected chi connectivity index (χ2v) is 9.14. The van der Waals surface area contributed by atoms with Crippen LogP contribution in [-0.4, -0.2) is 62.7 Å². The maximum atomic E-state index is 12.9. The molecule has 0 bridgehead atoms. The predicted octanol–water partition coefficient (Wildman–Crippen LogP) is 3.42. The van der Waals surface area contributed by atoms with Gasteiger partial charge in [-0.3, -0.25) is 9.59 Å². The number of ether oxygens (including phenoxy) is 1. The van der Waals surface area contributed by atoms with E-state index in [0.29, 0.717) is 44.8 Å². The lowest BCUT2D eigenvalue weighted by Crippen LogP contribution is -2.54. The lowest BCUT2D eigenvalue weighted by molar-refractivity contribution is -0.192. The maximum absolute atomic E-state index is 12.9. The van der Waals surface area contributed by atoms with Crippen molar-refractivity contribution in [2.75, 3.05) is 18.4 Å². The molecule has 0 saturated carbocycles. The molecule has 2 aromatic rings. The van der Waals surface area contributed by atoms with Crippen molar-refractivity contribution in [3.8, 4) is 0 Å². The molecule has 1 fully saturated rings. The van der Waals surface area contributed by atoms with Gasteiger partial charge in [-0.15, -0.1) is 0 Å². The van der Waals surface area contributed by atoms with Crippen LogP contribution < -0.4 is 5.32 Å². The largest absolute Gasteiger partial charge is 0.490 e. The molecule has 1 aromatic heterocycles. The Morgan fingerprint density at radius 3 is 2.36 bits per heavy atom. The maximum Gasteiger partial charge on any atom is 0.490 e. The van der Waals surface area contributed by atoms with E-state index in [4.69, 9.17) is 14.6 Å². The molecule has 1 saturated heterocycles. The third-order valence-electron chi connectivity index (χ3n) is 5.94. The predicted molar refractivity (Wildman–Crippen MR) is 123 cm³/mol. The van der Waals surface area contributed by atoms with Crippen molar-refractivity contribution in [2.24, 2.45) is 5.92 Å². The monoisotopic (exact) mass is 510 g/mol. The fourth-order valence-electron chi connectivity index (χ4n) is 4.21. The molecule has 2 N–H and O–H groups in total. The molecule has 0 radical (unpaired) electrons. The molecule has 2 aliphatic heterocycles. The van der Waals surface area contributed by atoms with Crippen LogP contribution in [0.2, 0.25) is 0 Å². The molecule has 1 atom stereocenters. The number of imidazole rings is 1. The molecule has 12 heteroatoms. The molecule has 0 aliphatic carbocycles. The number of fused-ring (bicyclic) bond motifs is 2. The van der Waals surface area contributed by atoms with Crippen molar-refractivity contribution in [3.63, 3.8) is 0 Å². The van der Waals surface area contributed by atoms with Crippen LogP contribution in [0.5, 0.6) is 0 Å². The highest BCUT2D eigenvalue weighted by Gasteiger charge is 2.47. The normalized spacial score (nSPS) is 18.7. The van der Waals surface area contributed by atoms with E-state index in [2.05, 4.69) is 24.1 Å². The first kappa shape index (κ1) is 27.2. The third kappa shape index (κ3) is 6.62. The number of nitrogens with one attached hydrogen (secondary N) is 1. The standard InChI is InChI=1S/C22H28N4O3.C2HF3O2/c1-16(2)14-19(27)25-11-8-22(9-12-25)21-23-10-13-26(21)15-18(29-22)20(28)24-17-6-4-3-5-7-17;3-2(4,5)1(6)7/h3-7,10,13,16,18H,8-9,11-12,14-15H2,1-2H3,(H,24,28);(H,6,7). The Morgan fingerprint density at radius 2 is 1.81 bits per heavy atom. The van der Waals surface area contributed by atoms with Crippen molar-refractivity contribution >= 4 is 23.5 Å². The lowest BCUT2D eigenvalue weighted by Gasteiger charge is -2.45. The number of hydrogen-bond acceptors (Lipinski definition) is 5. The first-order valence-electron chi connectivity index (χ1n) is 11.5. The molecular weight excluding hydrogens is 481 g/mol. The highest BCUT2D eigenvalue weighted by atomic mass is 19.4. The van der Waals surface area contributed by atoms with Gasteiger partial charge in [-0.05, 0) is 18.1 Å². The molecule has 9 nitrogen and oxygen atoms in total. The quantitative estimate of drug-likeness (QED) is 0.652. The van der Waals surface area contributed by atoms with Crippen LogP contribution in [0.1, 0.15) is 38.9 Å². The average molecular weight is 511 g/mol. The number of carbonyl (C=O) groups is 3. The van der Waals surface area contributed by atoms with Crippen LogP contribution in [0.4, 0.5) is 18.9 Å². The van der Waals surface area contributed by atoms with Gasteiger partial charge >= 0.3 is 12.1 Å². The Labute approximate surface area is 206 Å². The van der Waals surface area contributed by atoms with Crippen LogP contribution in [0, 0.1) is 5.92 Å². The van der Waals surface area contributed by atoms with Crippen LogP contribution in [0.25, 0.3) is 0 Å². The summed E-state index contributed by atoms with van der Waals surface area (Å²) in [6.07, 6.45) is -0.182. The van der Waals surface area contributed by atoms with Gasteiger partial charge in [-0.2, -0.15) is 13.2 Å². The molecular formula is C24H29F3N4O5. The number of alkyl halides is 3. The number of benzene rings is 1. The summed E-state index contributed by atoms with van der Waals surface area (Å²) in [5.41, 5.74) is 0.121. The molecule has 2 amide bonds. The number of hydrogen-bond donors (Lipinski definition) is 2. The minimum absolute atomic E-state index is 0.159. The van der Waals surface area contributed by atoms with Crippen LogP contribution >= 0.6 is 0 Å². The number of likely N-dealkylation sites (tertiary alicyclic amines) is 1. The number of carboxylic acids is 1. The van der Waals surface area contributed by atoms with Gasteiger partial charge in [0.1, 0.15) is 11.4 Å². The highest BCUT2D eigenvalue weighted by Crippen LogP contribution is 2.40. The van der Waals surface area contributed by atoms with Gasteiger partial charge in [0, 0.05) is 50.4 Å². The average Bonchev–Trinajstić information content (AvgIpc) is 3.29. The number of amides is 2. The van der Waals surface area contributed by atoms with E-state index in [9.17, 15) is 22.8 Å².